The first-order valence-corrected chi connectivity index (χ1v) is 3.74. The highest BCUT2D eigenvalue weighted by atomic mass is 19.3. The van der Waals surface area contributed by atoms with Crippen molar-refractivity contribution < 1.29 is 18.4 Å². The predicted octanol–water partition coefficient (Wildman–Crippen LogP) is 1.52. The number of rotatable bonds is 3. The minimum atomic E-state index is -3.06. The van der Waals surface area contributed by atoms with E-state index in [9.17, 15) is 18.9 Å². The molecule has 0 saturated heterocycles. The topological polar surface area (TPSA) is 91.3 Å². The molecule has 1 rings (SSSR count). The number of nitrogens with zero attached hydrogens (tertiary/aromatic N) is 2. The molecule has 82 valence electrons. The SMILES string of the molecule is COc1cnc(C(F)F)c([N+](=O)[O-])c1N. The molecule has 0 saturated carbocycles. The standard InChI is InChI=1S/C7H7F2N3O3/c1-15-3-2-11-5(7(8)9)6(4(3)10)12(13)14/h2,7H,1H3,(H2,10,11). The largest absolute Gasteiger partial charge is 0.493 e. The van der Waals surface area contributed by atoms with E-state index in [1.165, 1.54) is 7.11 Å². The van der Waals surface area contributed by atoms with Crippen molar-refractivity contribution in [1.29, 1.82) is 0 Å². The molecule has 0 radical (unpaired) electrons. The Bertz CT molecular complexity index is 397. The molecule has 0 fully saturated rings. The minimum absolute atomic E-state index is 0.105. The molecule has 0 unspecified atom stereocenters. The lowest BCUT2D eigenvalue weighted by Crippen LogP contribution is -2.05. The highest BCUT2D eigenvalue weighted by Crippen LogP contribution is 2.36. The van der Waals surface area contributed by atoms with Gasteiger partial charge in [-0.25, -0.2) is 13.8 Å². The lowest BCUT2D eigenvalue weighted by molar-refractivity contribution is -0.385. The second-order valence-electron chi connectivity index (χ2n) is 2.53. The zero-order chi connectivity index (χ0) is 11.6. The second kappa shape index (κ2) is 4.03. The molecular formula is C7H7F2N3O3. The molecule has 15 heavy (non-hydrogen) atoms. The number of alkyl halides is 2. The Morgan fingerprint density at radius 2 is 2.27 bits per heavy atom. The smallest absolute Gasteiger partial charge is 0.323 e. The summed E-state index contributed by atoms with van der Waals surface area (Å²) in [6, 6.07) is 0. The molecule has 0 spiro atoms. The highest BCUT2D eigenvalue weighted by Gasteiger charge is 2.28. The second-order valence-corrected chi connectivity index (χ2v) is 2.53. The average Bonchev–Trinajstić information content (AvgIpc) is 2.16. The number of nitro groups is 1. The van der Waals surface area contributed by atoms with Crippen molar-refractivity contribution in [2.45, 2.75) is 6.43 Å². The number of ether oxygens (including phenoxy) is 1. The van der Waals surface area contributed by atoms with Crippen LogP contribution in [0.3, 0.4) is 0 Å². The van der Waals surface area contributed by atoms with E-state index in [-0.39, 0.29) is 5.75 Å². The lowest BCUT2D eigenvalue weighted by atomic mass is 10.2. The Labute approximate surface area is 82.8 Å². The summed E-state index contributed by atoms with van der Waals surface area (Å²) in [5, 5.41) is 10.5. The van der Waals surface area contributed by atoms with Crippen LogP contribution in [0.15, 0.2) is 6.20 Å². The van der Waals surface area contributed by atoms with Crippen LogP contribution in [0, 0.1) is 10.1 Å². The van der Waals surface area contributed by atoms with Crippen LogP contribution in [0.2, 0.25) is 0 Å². The van der Waals surface area contributed by atoms with Crippen LogP contribution >= 0.6 is 0 Å². The van der Waals surface area contributed by atoms with Crippen LogP contribution in [0.25, 0.3) is 0 Å². The van der Waals surface area contributed by atoms with Gasteiger partial charge in [0.2, 0.25) is 0 Å². The van der Waals surface area contributed by atoms with E-state index in [1.807, 2.05) is 0 Å². The van der Waals surface area contributed by atoms with Crippen molar-refractivity contribution in [2.24, 2.45) is 0 Å². The number of nitrogen functional groups attached to an aromatic ring is 1. The molecule has 8 heteroatoms. The molecule has 0 aromatic carbocycles. The van der Waals surface area contributed by atoms with Crippen LogP contribution in [-0.4, -0.2) is 17.0 Å². The number of hydrogen-bond donors (Lipinski definition) is 1. The van der Waals surface area contributed by atoms with Crippen LogP contribution in [0.5, 0.6) is 5.75 Å². The molecule has 0 aliphatic carbocycles. The fourth-order valence-electron chi connectivity index (χ4n) is 1.03. The van der Waals surface area contributed by atoms with E-state index in [4.69, 9.17) is 5.73 Å². The third-order valence-electron chi connectivity index (χ3n) is 1.69. The van der Waals surface area contributed by atoms with Gasteiger partial charge >= 0.3 is 5.69 Å². The van der Waals surface area contributed by atoms with Gasteiger partial charge in [-0.2, -0.15) is 0 Å². The molecule has 0 bridgehead atoms. The van der Waals surface area contributed by atoms with Gasteiger partial charge in [-0.3, -0.25) is 10.1 Å². The Hall–Kier alpha value is -1.99. The van der Waals surface area contributed by atoms with E-state index < -0.39 is 28.4 Å². The third kappa shape index (κ3) is 1.92. The van der Waals surface area contributed by atoms with E-state index in [1.54, 1.807) is 0 Å². The zero-order valence-corrected chi connectivity index (χ0v) is 7.61. The van der Waals surface area contributed by atoms with E-state index in [0.717, 1.165) is 6.20 Å². The maximum absolute atomic E-state index is 12.3. The molecule has 1 heterocycles. The monoisotopic (exact) mass is 219 g/mol. The van der Waals surface area contributed by atoms with Crippen molar-refractivity contribution in [2.75, 3.05) is 12.8 Å². The van der Waals surface area contributed by atoms with Crippen LogP contribution in [0.1, 0.15) is 12.1 Å². The van der Waals surface area contributed by atoms with Crippen LogP contribution in [-0.2, 0) is 0 Å². The predicted molar refractivity (Wildman–Crippen MR) is 46.8 cm³/mol. The maximum Gasteiger partial charge on any atom is 0.323 e. The summed E-state index contributed by atoms with van der Waals surface area (Å²) >= 11 is 0. The van der Waals surface area contributed by atoms with Gasteiger partial charge in [0.05, 0.1) is 18.2 Å². The van der Waals surface area contributed by atoms with Gasteiger partial charge in [0.25, 0.3) is 6.43 Å². The molecule has 0 aliphatic heterocycles. The first kappa shape index (κ1) is 11.1. The van der Waals surface area contributed by atoms with Crippen molar-refractivity contribution in [3.05, 3.63) is 22.0 Å². The number of halogens is 2. The van der Waals surface area contributed by atoms with Gasteiger partial charge < -0.3 is 10.5 Å². The van der Waals surface area contributed by atoms with Crippen LogP contribution in [0.4, 0.5) is 20.2 Å². The van der Waals surface area contributed by atoms with Gasteiger partial charge in [-0.15, -0.1) is 0 Å². The fraction of sp³-hybridized carbons (Fsp3) is 0.286. The number of nitrogens with two attached hydrogens (primary N) is 1. The first-order valence-electron chi connectivity index (χ1n) is 3.74. The Morgan fingerprint density at radius 1 is 1.67 bits per heavy atom. The summed E-state index contributed by atoms with van der Waals surface area (Å²) in [6.07, 6.45) is -2.14. The summed E-state index contributed by atoms with van der Waals surface area (Å²) < 4.78 is 29.3. The van der Waals surface area contributed by atoms with Gasteiger partial charge in [-0.1, -0.05) is 0 Å². The Kier molecular flexibility index (Phi) is 2.98. The molecule has 1 aromatic heterocycles. The highest BCUT2D eigenvalue weighted by molar-refractivity contribution is 5.68. The van der Waals surface area contributed by atoms with Crippen molar-refractivity contribution in [3.8, 4) is 5.75 Å². The Balaban J connectivity index is 3.44. The summed E-state index contributed by atoms with van der Waals surface area (Å²) in [5.74, 6) is -0.105. The van der Waals surface area contributed by atoms with E-state index in [0.29, 0.717) is 0 Å². The summed E-state index contributed by atoms with van der Waals surface area (Å²) in [6.45, 7) is 0. The number of anilines is 1. The normalized spacial score (nSPS) is 10.4. The summed E-state index contributed by atoms with van der Waals surface area (Å²) in [4.78, 5) is 12.7. The number of pyridine rings is 1. The Morgan fingerprint density at radius 3 is 2.67 bits per heavy atom. The minimum Gasteiger partial charge on any atom is -0.493 e. The van der Waals surface area contributed by atoms with E-state index >= 15 is 0 Å². The van der Waals surface area contributed by atoms with Gasteiger partial charge in [0.15, 0.2) is 17.1 Å². The molecule has 6 nitrogen and oxygen atoms in total. The molecule has 0 amide bonds. The first-order chi connectivity index (χ1) is 6.99. The quantitative estimate of drug-likeness (QED) is 0.614. The van der Waals surface area contributed by atoms with Crippen molar-refractivity contribution >= 4 is 11.4 Å². The third-order valence-corrected chi connectivity index (χ3v) is 1.69. The average molecular weight is 219 g/mol. The van der Waals surface area contributed by atoms with Gasteiger partial charge in [0, 0.05) is 0 Å². The molecular weight excluding hydrogens is 212 g/mol. The van der Waals surface area contributed by atoms with Crippen LogP contribution < -0.4 is 10.5 Å². The lowest BCUT2D eigenvalue weighted by Gasteiger charge is -2.07. The summed E-state index contributed by atoms with van der Waals surface area (Å²) in [5.41, 5.74) is 2.97. The zero-order valence-electron chi connectivity index (χ0n) is 7.61. The number of hydrogen-bond acceptors (Lipinski definition) is 5. The summed E-state index contributed by atoms with van der Waals surface area (Å²) in [7, 11) is 1.21. The van der Waals surface area contributed by atoms with Crippen molar-refractivity contribution in [3.63, 3.8) is 0 Å². The molecule has 0 atom stereocenters. The van der Waals surface area contributed by atoms with Gasteiger partial charge in [0.1, 0.15) is 0 Å². The number of aromatic nitrogens is 1. The van der Waals surface area contributed by atoms with Gasteiger partial charge in [-0.05, 0) is 0 Å². The molecule has 1 aromatic rings. The number of methoxy groups -OCH3 is 1. The van der Waals surface area contributed by atoms with Crippen molar-refractivity contribution in [1.82, 2.24) is 4.98 Å². The molecule has 2 N–H and O–H groups in total. The fourth-order valence-corrected chi connectivity index (χ4v) is 1.03. The van der Waals surface area contributed by atoms with E-state index in [2.05, 4.69) is 9.72 Å². The molecule has 0 aliphatic rings. The maximum atomic E-state index is 12.3.